The van der Waals surface area contributed by atoms with Gasteiger partial charge in [0, 0.05) is 22.0 Å². The average molecular weight is 313 g/mol. The Balaban J connectivity index is 1.75. The molecule has 1 saturated carbocycles. The minimum Gasteiger partial charge on any atom is -0.325 e. The molecule has 2 rings (SSSR count). The van der Waals surface area contributed by atoms with Crippen LogP contribution in [0.2, 0.25) is 5.02 Å². The average Bonchev–Trinajstić information content (AvgIpc) is 2.45. The highest BCUT2D eigenvalue weighted by Crippen LogP contribution is 2.26. The molecule has 1 amide bonds. The number of anilines is 1. The highest BCUT2D eigenvalue weighted by molar-refractivity contribution is 7.99. The number of halogens is 1. The molecule has 0 aromatic heterocycles. The quantitative estimate of drug-likeness (QED) is 0.873. The predicted octanol–water partition coefficient (Wildman–Crippen LogP) is 3.54. The molecule has 0 aliphatic heterocycles. The molecule has 110 valence electrons. The first-order chi connectivity index (χ1) is 9.67. The van der Waals surface area contributed by atoms with E-state index in [-0.39, 0.29) is 5.91 Å². The first-order valence-corrected chi connectivity index (χ1v) is 8.65. The predicted molar refractivity (Wildman–Crippen MR) is 87.6 cm³/mol. The lowest BCUT2D eigenvalue weighted by molar-refractivity contribution is -0.115. The molecule has 2 unspecified atom stereocenters. The lowest BCUT2D eigenvalue weighted by Gasteiger charge is -2.28. The van der Waals surface area contributed by atoms with E-state index in [1.165, 1.54) is 19.3 Å². The molecule has 2 N–H and O–H groups in total. The summed E-state index contributed by atoms with van der Waals surface area (Å²) in [7, 11) is 0. The Morgan fingerprint density at radius 2 is 2.30 bits per heavy atom. The molecule has 0 heterocycles. The Morgan fingerprint density at radius 3 is 3.05 bits per heavy atom. The SMILES string of the molecule is CSC1CCCC(NCC(=O)Nc2cccc(Cl)c2)C1. The first kappa shape index (κ1) is 15.7. The molecule has 1 aliphatic carbocycles. The van der Waals surface area contributed by atoms with E-state index in [4.69, 9.17) is 11.6 Å². The summed E-state index contributed by atoms with van der Waals surface area (Å²) in [5.41, 5.74) is 0.745. The van der Waals surface area contributed by atoms with E-state index in [9.17, 15) is 4.79 Å². The second-order valence-corrected chi connectivity index (χ2v) is 6.74. The summed E-state index contributed by atoms with van der Waals surface area (Å²) in [6.45, 7) is 0.359. The van der Waals surface area contributed by atoms with Crippen molar-refractivity contribution in [3.8, 4) is 0 Å². The van der Waals surface area contributed by atoms with Gasteiger partial charge in [-0.1, -0.05) is 24.1 Å². The van der Waals surface area contributed by atoms with Crippen LogP contribution in [0.3, 0.4) is 0 Å². The Hall–Kier alpha value is -0.710. The molecule has 0 spiro atoms. The number of carbonyl (C=O) groups is 1. The standard InChI is InChI=1S/C15H21ClN2OS/c1-20-14-7-3-5-12(9-14)17-10-15(19)18-13-6-2-4-11(16)8-13/h2,4,6,8,12,14,17H,3,5,7,9-10H2,1H3,(H,18,19). The van der Waals surface area contributed by atoms with Gasteiger partial charge in [-0.05, 0) is 43.7 Å². The molecule has 1 aromatic carbocycles. The van der Waals surface area contributed by atoms with Crippen molar-refractivity contribution in [1.29, 1.82) is 0 Å². The third-order valence-electron chi connectivity index (χ3n) is 3.62. The van der Waals surface area contributed by atoms with Crippen LogP contribution >= 0.6 is 23.4 Å². The van der Waals surface area contributed by atoms with Gasteiger partial charge in [-0.25, -0.2) is 0 Å². The minimum atomic E-state index is -0.0152. The molecular formula is C15H21ClN2OS. The number of nitrogens with one attached hydrogen (secondary N) is 2. The Morgan fingerprint density at radius 1 is 1.45 bits per heavy atom. The van der Waals surface area contributed by atoms with E-state index in [2.05, 4.69) is 16.9 Å². The lowest BCUT2D eigenvalue weighted by atomic mass is 9.95. The highest BCUT2D eigenvalue weighted by atomic mass is 35.5. The van der Waals surface area contributed by atoms with Crippen LogP contribution in [0.5, 0.6) is 0 Å². The third kappa shape index (κ3) is 5.00. The van der Waals surface area contributed by atoms with Gasteiger partial charge in [0.25, 0.3) is 0 Å². The van der Waals surface area contributed by atoms with Crippen LogP contribution in [0.15, 0.2) is 24.3 Å². The second kappa shape index (κ2) is 7.91. The molecule has 20 heavy (non-hydrogen) atoms. The number of carbonyl (C=O) groups excluding carboxylic acids is 1. The van der Waals surface area contributed by atoms with Crippen molar-refractivity contribution in [2.75, 3.05) is 18.1 Å². The number of benzene rings is 1. The van der Waals surface area contributed by atoms with Crippen molar-refractivity contribution in [2.24, 2.45) is 0 Å². The fraction of sp³-hybridized carbons (Fsp3) is 0.533. The summed E-state index contributed by atoms with van der Waals surface area (Å²) < 4.78 is 0. The fourth-order valence-corrected chi connectivity index (χ4v) is 3.57. The maximum Gasteiger partial charge on any atom is 0.238 e. The van der Waals surface area contributed by atoms with E-state index < -0.39 is 0 Å². The number of hydrogen-bond donors (Lipinski definition) is 2. The van der Waals surface area contributed by atoms with Crippen molar-refractivity contribution in [2.45, 2.75) is 37.0 Å². The van der Waals surface area contributed by atoms with Gasteiger partial charge in [0.05, 0.1) is 6.54 Å². The normalized spacial score (nSPS) is 22.5. The van der Waals surface area contributed by atoms with E-state index in [0.29, 0.717) is 17.6 Å². The van der Waals surface area contributed by atoms with Crippen LogP contribution in [0.4, 0.5) is 5.69 Å². The van der Waals surface area contributed by atoms with Gasteiger partial charge in [0.2, 0.25) is 5.91 Å². The van der Waals surface area contributed by atoms with Gasteiger partial charge in [-0.3, -0.25) is 4.79 Å². The molecule has 5 heteroatoms. The summed E-state index contributed by atoms with van der Waals surface area (Å²) in [5, 5.41) is 7.58. The fourth-order valence-electron chi connectivity index (χ4n) is 2.55. The molecule has 0 bridgehead atoms. The first-order valence-electron chi connectivity index (χ1n) is 6.99. The van der Waals surface area contributed by atoms with Crippen molar-refractivity contribution in [3.63, 3.8) is 0 Å². The van der Waals surface area contributed by atoms with E-state index in [1.807, 2.05) is 23.9 Å². The van der Waals surface area contributed by atoms with Crippen LogP contribution in [0, 0.1) is 0 Å². The van der Waals surface area contributed by atoms with Crippen molar-refractivity contribution < 1.29 is 4.79 Å². The Kier molecular flexibility index (Phi) is 6.20. The molecule has 1 fully saturated rings. The van der Waals surface area contributed by atoms with Gasteiger partial charge in [-0.15, -0.1) is 0 Å². The monoisotopic (exact) mass is 312 g/mol. The molecule has 2 atom stereocenters. The maximum atomic E-state index is 11.9. The van der Waals surface area contributed by atoms with E-state index >= 15 is 0 Å². The van der Waals surface area contributed by atoms with Crippen molar-refractivity contribution in [3.05, 3.63) is 29.3 Å². The zero-order valence-electron chi connectivity index (χ0n) is 11.7. The van der Waals surface area contributed by atoms with E-state index in [1.54, 1.807) is 12.1 Å². The number of hydrogen-bond acceptors (Lipinski definition) is 3. The topological polar surface area (TPSA) is 41.1 Å². The molecule has 0 radical (unpaired) electrons. The zero-order valence-corrected chi connectivity index (χ0v) is 13.3. The van der Waals surface area contributed by atoms with Crippen molar-refractivity contribution >= 4 is 35.0 Å². The van der Waals surface area contributed by atoms with Crippen LogP contribution in [-0.4, -0.2) is 30.0 Å². The Bertz CT molecular complexity index is 455. The van der Waals surface area contributed by atoms with Crippen molar-refractivity contribution in [1.82, 2.24) is 5.32 Å². The van der Waals surface area contributed by atoms with Crippen LogP contribution < -0.4 is 10.6 Å². The zero-order chi connectivity index (χ0) is 14.4. The van der Waals surface area contributed by atoms with Gasteiger partial charge in [-0.2, -0.15) is 11.8 Å². The molecule has 3 nitrogen and oxygen atoms in total. The largest absolute Gasteiger partial charge is 0.325 e. The van der Waals surface area contributed by atoms with Gasteiger partial charge in [0.1, 0.15) is 0 Å². The van der Waals surface area contributed by atoms with Gasteiger partial charge >= 0.3 is 0 Å². The number of amides is 1. The summed E-state index contributed by atoms with van der Waals surface area (Å²) in [4.78, 5) is 11.9. The summed E-state index contributed by atoms with van der Waals surface area (Å²) in [5.74, 6) is -0.0152. The smallest absolute Gasteiger partial charge is 0.238 e. The lowest BCUT2D eigenvalue weighted by Crippen LogP contribution is -2.39. The Labute approximate surface area is 129 Å². The van der Waals surface area contributed by atoms with Gasteiger partial charge < -0.3 is 10.6 Å². The maximum absolute atomic E-state index is 11.9. The minimum absolute atomic E-state index is 0.0152. The summed E-state index contributed by atoms with van der Waals surface area (Å²) >= 11 is 7.82. The highest BCUT2D eigenvalue weighted by Gasteiger charge is 2.21. The van der Waals surface area contributed by atoms with Crippen LogP contribution in [0.25, 0.3) is 0 Å². The van der Waals surface area contributed by atoms with Gasteiger partial charge in [0.15, 0.2) is 0 Å². The molecule has 1 aromatic rings. The van der Waals surface area contributed by atoms with E-state index in [0.717, 1.165) is 17.4 Å². The van der Waals surface area contributed by atoms with Crippen LogP contribution in [0.1, 0.15) is 25.7 Å². The second-order valence-electron chi connectivity index (χ2n) is 5.16. The summed E-state index contributed by atoms with van der Waals surface area (Å²) in [6.07, 6.45) is 7.04. The number of rotatable bonds is 5. The molecule has 0 saturated heterocycles. The summed E-state index contributed by atoms with van der Waals surface area (Å²) in [6, 6.07) is 7.68. The molecular weight excluding hydrogens is 292 g/mol. The third-order valence-corrected chi connectivity index (χ3v) is 4.95. The number of thioether (sulfide) groups is 1. The van der Waals surface area contributed by atoms with Crippen LogP contribution in [-0.2, 0) is 4.79 Å². The molecule has 1 aliphatic rings.